The van der Waals surface area contributed by atoms with Crippen LogP contribution >= 0.6 is 0 Å². The number of hydrogen-bond acceptors (Lipinski definition) is 2. The third-order valence-electron chi connectivity index (χ3n) is 4.35. The van der Waals surface area contributed by atoms with Gasteiger partial charge in [-0.1, -0.05) is 12.8 Å². The van der Waals surface area contributed by atoms with E-state index in [9.17, 15) is 9.59 Å². The molecule has 1 saturated carbocycles. The van der Waals surface area contributed by atoms with Crippen LogP contribution in [0.5, 0.6) is 0 Å². The van der Waals surface area contributed by atoms with Gasteiger partial charge in [0, 0.05) is 25.6 Å². The lowest BCUT2D eigenvalue weighted by Crippen LogP contribution is -2.53. The fraction of sp³-hybridized carbons (Fsp3) is 0.857. The topological polar surface area (TPSA) is 69.6 Å². The Balaban J connectivity index is 1.78. The standard InChI is InChI=1S/C14H24N2O3/c17-13(18)8-3-9-15-14(19)16-10-4-6-11-5-1-2-7-12(11)16/h11-12H,1-10H2,(H,15,19)(H,17,18). The molecule has 0 aromatic rings. The Morgan fingerprint density at radius 1 is 1.16 bits per heavy atom. The quantitative estimate of drug-likeness (QED) is 0.768. The highest BCUT2D eigenvalue weighted by atomic mass is 16.4. The molecule has 0 radical (unpaired) electrons. The van der Waals surface area contributed by atoms with Crippen LogP contribution in [0.3, 0.4) is 0 Å². The summed E-state index contributed by atoms with van der Waals surface area (Å²) < 4.78 is 0. The van der Waals surface area contributed by atoms with Gasteiger partial charge >= 0.3 is 12.0 Å². The Hall–Kier alpha value is -1.26. The number of nitrogens with one attached hydrogen (secondary N) is 1. The van der Waals surface area contributed by atoms with Crippen LogP contribution in [0.4, 0.5) is 4.79 Å². The van der Waals surface area contributed by atoms with Gasteiger partial charge in [0.1, 0.15) is 0 Å². The van der Waals surface area contributed by atoms with Gasteiger partial charge in [-0.3, -0.25) is 4.79 Å². The van der Waals surface area contributed by atoms with E-state index in [1.165, 1.54) is 25.7 Å². The molecule has 19 heavy (non-hydrogen) atoms. The van der Waals surface area contributed by atoms with E-state index in [-0.39, 0.29) is 12.5 Å². The van der Waals surface area contributed by atoms with E-state index in [4.69, 9.17) is 5.11 Å². The number of carbonyl (C=O) groups is 2. The van der Waals surface area contributed by atoms with Crippen molar-refractivity contribution < 1.29 is 14.7 Å². The fourth-order valence-corrected chi connectivity index (χ4v) is 3.41. The van der Waals surface area contributed by atoms with Gasteiger partial charge in [0.05, 0.1) is 0 Å². The minimum absolute atomic E-state index is 0.00184. The number of urea groups is 1. The Morgan fingerprint density at radius 3 is 2.68 bits per heavy atom. The van der Waals surface area contributed by atoms with Crippen molar-refractivity contribution in [2.24, 2.45) is 5.92 Å². The largest absolute Gasteiger partial charge is 0.481 e. The van der Waals surface area contributed by atoms with Crippen LogP contribution in [-0.2, 0) is 4.79 Å². The maximum Gasteiger partial charge on any atom is 0.317 e. The van der Waals surface area contributed by atoms with Gasteiger partial charge in [-0.15, -0.1) is 0 Å². The molecule has 0 aromatic heterocycles. The number of carboxylic acids is 1. The second kappa shape index (κ2) is 6.78. The minimum Gasteiger partial charge on any atom is -0.481 e. The highest BCUT2D eigenvalue weighted by molar-refractivity contribution is 5.74. The van der Waals surface area contributed by atoms with Crippen LogP contribution in [0.2, 0.25) is 0 Å². The van der Waals surface area contributed by atoms with Crippen molar-refractivity contribution in [3.63, 3.8) is 0 Å². The first-order chi connectivity index (χ1) is 9.18. The molecule has 108 valence electrons. The summed E-state index contributed by atoms with van der Waals surface area (Å²) >= 11 is 0. The maximum atomic E-state index is 12.2. The number of carboxylic acid groups (broad SMARTS) is 1. The lowest BCUT2D eigenvalue weighted by atomic mass is 9.78. The first kappa shape index (κ1) is 14.2. The summed E-state index contributed by atoms with van der Waals surface area (Å²) in [6.45, 7) is 1.31. The summed E-state index contributed by atoms with van der Waals surface area (Å²) in [5.41, 5.74) is 0. The van der Waals surface area contributed by atoms with Crippen molar-refractivity contribution in [3.05, 3.63) is 0 Å². The van der Waals surface area contributed by atoms with Gasteiger partial charge in [0.25, 0.3) is 0 Å². The van der Waals surface area contributed by atoms with E-state index in [1.54, 1.807) is 0 Å². The lowest BCUT2D eigenvalue weighted by molar-refractivity contribution is -0.137. The normalized spacial score (nSPS) is 26.6. The summed E-state index contributed by atoms with van der Waals surface area (Å²) in [4.78, 5) is 24.6. The lowest BCUT2D eigenvalue weighted by Gasteiger charge is -2.44. The number of fused-ring (bicyclic) bond motifs is 1. The zero-order valence-electron chi connectivity index (χ0n) is 11.4. The molecule has 0 bridgehead atoms. The average Bonchev–Trinajstić information content (AvgIpc) is 2.42. The zero-order valence-corrected chi connectivity index (χ0v) is 11.4. The van der Waals surface area contributed by atoms with E-state index in [2.05, 4.69) is 5.32 Å². The summed E-state index contributed by atoms with van der Waals surface area (Å²) in [5, 5.41) is 11.4. The minimum atomic E-state index is -0.806. The monoisotopic (exact) mass is 268 g/mol. The summed E-state index contributed by atoms with van der Waals surface area (Å²) in [6, 6.07) is 0.420. The predicted molar refractivity (Wildman–Crippen MR) is 72.0 cm³/mol. The van der Waals surface area contributed by atoms with Crippen LogP contribution in [-0.4, -0.2) is 41.1 Å². The third-order valence-corrected chi connectivity index (χ3v) is 4.35. The van der Waals surface area contributed by atoms with Crippen LogP contribution in [0.1, 0.15) is 51.4 Å². The molecule has 1 aliphatic heterocycles. The zero-order chi connectivity index (χ0) is 13.7. The molecule has 2 rings (SSSR count). The van der Waals surface area contributed by atoms with Gasteiger partial charge in [-0.05, 0) is 38.0 Å². The average molecular weight is 268 g/mol. The second-order valence-corrected chi connectivity index (χ2v) is 5.68. The van der Waals surface area contributed by atoms with Crippen LogP contribution in [0, 0.1) is 5.92 Å². The van der Waals surface area contributed by atoms with Gasteiger partial charge in [0.15, 0.2) is 0 Å². The number of likely N-dealkylation sites (tertiary alicyclic amines) is 1. The molecule has 1 aliphatic carbocycles. The smallest absolute Gasteiger partial charge is 0.317 e. The molecule has 1 saturated heterocycles. The number of carbonyl (C=O) groups excluding carboxylic acids is 1. The molecular weight excluding hydrogens is 244 g/mol. The number of piperidine rings is 1. The Kier molecular flexibility index (Phi) is 5.05. The molecule has 2 aliphatic rings. The molecule has 2 amide bonds. The molecule has 0 aromatic carbocycles. The second-order valence-electron chi connectivity index (χ2n) is 5.68. The molecule has 5 nitrogen and oxygen atoms in total. The van der Waals surface area contributed by atoms with Gasteiger partial charge in [-0.2, -0.15) is 0 Å². The number of hydrogen-bond donors (Lipinski definition) is 2. The molecule has 2 unspecified atom stereocenters. The van der Waals surface area contributed by atoms with E-state index >= 15 is 0 Å². The van der Waals surface area contributed by atoms with Crippen molar-refractivity contribution in [1.82, 2.24) is 10.2 Å². The Labute approximate surface area is 114 Å². The molecule has 2 fully saturated rings. The van der Waals surface area contributed by atoms with E-state index in [0.717, 1.165) is 19.4 Å². The molecule has 5 heteroatoms. The maximum absolute atomic E-state index is 12.2. The van der Waals surface area contributed by atoms with Crippen molar-refractivity contribution in [1.29, 1.82) is 0 Å². The number of aliphatic carboxylic acids is 1. The highest BCUT2D eigenvalue weighted by Gasteiger charge is 2.35. The summed E-state index contributed by atoms with van der Waals surface area (Å²) in [7, 11) is 0. The first-order valence-corrected chi connectivity index (χ1v) is 7.45. The first-order valence-electron chi connectivity index (χ1n) is 7.45. The van der Waals surface area contributed by atoms with Crippen molar-refractivity contribution in [3.8, 4) is 0 Å². The highest BCUT2D eigenvalue weighted by Crippen LogP contribution is 2.35. The summed E-state index contributed by atoms with van der Waals surface area (Å²) in [6.07, 6.45) is 7.90. The third kappa shape index (κ3) is 3.85. The van der Waals surface area contributed by atoms with Crippen LogP contribution < -0.4 is 5.32 Å². The predicted octanol–water partition coefficient (Wildman–Crippen LogP) is 2.22. The number of amides is 2. The summed E-state index contributed by atoms with van der Waals surface area (Å²) in [5.74, 6) is -0.119. The van der Waals surface area contributed by atoms with Gasteiger partial charge in [0.2, 0.25) is 0 Å². The fourth-order valence-electron chi connectivity index (χ4n) is 3.41. The molecule has 2 atom stereocenters. The van der Waals surface area contributed by atoms with Crippen LogP contribution in [0.15, 0.2) is 0 Å². The number of nitrogens with zero attached hydrogens (tertiary/aromatic N) is 1. The SMILES string of the molecule is O=C(O)CCCNC(=O)N1CCCC2CCCCC21. The number of rotatable bonds is 4. The molecular formula is C14H24N2O3. The van der Waals surface area contributed by atoms with Crippen LogP contribution in [0.25, 0.3) is 0 Å². The van der Waals surface area contributed by atoms with Crippen molar-refractivity contribution in [2.45, 2.75) is 57.4 Å². The molecule has 2 N–H and O–H groups in total. The Morgan fingerprint density at radius 2 is 1.89 bits per heavy atom. The van der Waals surface area contributed by atoms with Gasteiger partial charge in [-0.25, -0.2) is 4.79 Å². The molecule has 1 heterocycles. The van der Waals surface area contributed by atoms with Gasteiger partial charge < -0.3 is 15.3 Å². The van der Waals surface area contributed by atoms with E-state index < -0.39 is 5.97 Å². The Bertz CT molecular complexity index is 331. The van der Waals surface area contributed by atoms with E-state index in [0.29, 0.717) is 24.9 Å². The van der Waals surface area contributed by atoms with Crippen molar-refractivity contribution in [2.75, 3.05) is 13.1 Å². The van der Waals surface area contributed by atoms with Crippen molar-refractivity contribution >= 4 is 12.0 Å². The van der Waals surface area contributed by atoms with E-state index in [1.807, 2.05) is 4.90 Å². The molecule has 0 spiro atoms.